The van der Waals surface area contributed by atoms with Crippen LogP contribution in [0.5, 0.6) is 0 Å². The van der Waals surface area contributed by atoms with Crippen molar-refractivity contribution in [3.63, 3.8) is 0 Å². The van der Waals surface area contributed by atoms with Gasteiger partial charge in [-0.2, -0.15) is 0 Å². The third kappa shape index (κ3) is 8.25. The molecule has 0 spiro atoms. The van der Waals surface area contributed by atoms with Gasteiger partial charge in [-0.3, -0.25) is 4.99 Å². The molecule has 0 unspecified atom stereocenters. The topological polar surface area (TPSA) is 82.6 Å². The number of nitrogens with one attached hydrogen (secondary N) is 3. The molecule has 1 rings (SSSR count). The van der Waals surface area contributed by atoms with Crippen molar-refractivity contribution in [1.82, 2.24) is 15.4 Å². The van der Waals surface area contributed by atoms with E-state index in [1.54, 1.807) is 6.92 Å². The highest BCUT2D eigenvalue weighted by Gasteiger charge is 2.15. The lowest BCUT2D eigenvalue weighted by molar-refractivity contribution is 0.582. The lowest BCUT2D eigenvalue weighted by Gasteiger charge is -2.16. The number of guanidine groups is 1. The fraction of sp³-hybridized carbons (Fsp3) is 0.917. The molecule has 20 heavy (non-hydrogen) atoms. The number of hydrogen-bond acceptors (Lipinski definition) is 3. The fourth-order valence-corrected chi connectivity index (χ4v) is 2.66. The van der Waals surface area contributed by atoms with Gasteiger partial charge in [-0.25, -0.2) is 13.1 Å². The molecule has 0 aromatic carbocycles. The van der Waals surface area contributed by atoms with Crippen molar-refractivity contribution in [2.24, 2.45) is 4.99 Å². The summed E-state index contributed by atoms with van der Waals surface area (Å²) in [4.78, 5) is 4.38. The summed E-state index contributed by atoms with van der Waals surface area (Å²) in [5, 5.41) is 6.57. The van der Waals surface area contributed by atoms with Gasteiger partial charge in [-0.15, -0.1) is 24.0 Å². The lowest BCUT2D eigenvalue weighted by atomic mass is 10.2. The van der Waals surface area contributed by atoms with Crippen LogP contribution in [0.3, 0.4) is 0 Å². The van der Waals surface area contributed by atoms with Crippen molar-refractivity contribution in [2.45, 2.75) is 45.6 Å². The summed E-state index contributed by atoms with van der Waals surface area (Å²) in [6, 6.07) is 0.505. The Hall–Kier alpha value is -0.0900. The average Bonchev–Trinajstić information content (AvgIpc) is 2.87. The predicted octanol–water partition coefficient (Wildman–Crippen LogP) is 1.04. The lowest BCUT2D eigenvalue weighted by Crippen LogP contribution is -2.42. The van der Waals surface area contributed by atoms with E-state index in [2.05, 4.69) is 20.3 Å². The van der Waals surface area contributed by atoms with Crippen LogP contribution >= 0.6 is 24.0 Å². The monoisotopic (exact) mass is 418 g/mol. The van der Waals surface area contributed by atoms with Gasteiger partial charge in [0.1, 0.15) is 0 Å². The van der Waals surface area contributed by atoms with Gasteiger partial charge in [0.15, 0.2) is 5.96 Å². The van der Waals surface area contributed by atoms with Gasteiger partial charge >= 0.3 is 0 Å². The number of rotatable bonds is 7. The average molecular weight is 418 g/mol. The molecule has 8 heteroatoms. The first-order chi connectivity index (χ1) is 9.07. The first-order valence-electron chi connectivity index (χ1n) is 7.09. The van der Waals surface area contributed by atoms with Gasteiger partial charge in [0.2, 0.25) is 10.0 Å². The first-order valence-corrected chi connectivity index (χ1v) is 8.74. The van der Waals surface area contributed by atoms with Crippen LogP contribution in [0, 0.1) is 0 Å². The summed E-state index contributed by atoms with van der Waals surface area (Å²) in [6.07, 6.45) is 4.92. The highest BCUT2D eigenvalue weighted by molar-refractivity contribution is 14.0. The molecule has 0 aromatic rings. The van der Waals surface area contributed by atoms with E-state index in [9.17, 15) is 8.42 Å². The second-order valence-corrected chi connectivity index (χ2v) is 6.78. The van der Waals surface area contributed by atoms with Crippen molar-refractivity contribution in [3.8, 4) is 0 Å². The minimum absolute atomic E-state index is 0. The van der Waals surface area contributed by atoms with Crippen LogP contribution in [0.1, 0.15) is 39.5 Å². The van der Waals surface area contributed by atoms with Gasteiger partial charge < -0.3 is 10.6 Å². The first kappa shape index (κ1) is 19.9. The molecule has 1 saturated carbocycles. The summed E-state index contributed by atoms with van der Waals surface area (Å²) < 4.78 is 25.0. The van der Waals surface area contributed by atoms with Crippen LogP contribution < -0.4 is 15.4 Å². The van der Waals surface area contributed by atoms with E-state index in [0.717, 1.165) is 12.5 Å². The maximum absolute atomic E-state index is 11.3. The Bertz CT molecular complexity index is 381. The minimum atomic E-state index is -3.11. The van der Waals surface area contributed by atoms with Gasteiger partial charge in [0, 0.05) is 19.1 Å². The third-order valence-electron chi connectivity index (χ3n) is 3.12. The van der Waals surface area contributed by atoms with Crippen molar-refractivity contribution in [3.05, 3.63) is 0 Å². The summed E-state index contributed by atoms with van der Waals surface area (Å²) in [7, 11) is -3.11. The maximum atomic E-state index is 11.3. The Morgan fingerprint density at radius 1 is 1.25 bits per heavy atom. The molecule has 0 heterocycles. The summed E-state index contributed by atoms with van der Waals surface area (Å²) in [5.74, 6) is 0.891. The second-order valence-electron chi connectivity index (χ2n) is 4.68. The standard InChI is InChI=1S/C12H26N4O2S.HI/c1-3-13-12(16-11-7-5-6-8-11)14-9-10-15-19(17,18)4-2;/h11,15H,3-10H2,1-2H3,(H2,13,14,16);1H. The second kappa shape index (κ2) is 10.6. The van der Waals surface area contributed by atoms with Crippen molar-refractivity contribution in [2.75, 3.05) is 25.4 Å². The zero-order valence-corrected chi connectivity index (χ0v) is 15.5. The third-order valence-corrected chi connectivity index (χ3v) is 4.53. The highest BCUT2D eigenvalue weighted by Crippen LogP contribution is 2.17. The van der Waals surface area contributed by atoms with E-state index in [-0.39, 0.29) is 29.7 Å². The number of aliphatic imine (C=N–C) groups is 1. The molecule has 0 saturated heterocycles. The van der Waals surface area contributed by atoms with Gasteiger partial charge in [0.25, 0.3) is 0 Å². The van der Waals surface area contributed by atoms with E-state index >= 15 is 0 Å². The molecule has 1 aliphatic rings. The van der Waals surface area contributed by atoms with E-state index in [1.165, 1.54) is 25.7 Å². The molecule has 1 fully saturated rings. The van der Waals surface area contributed by atoms with Crippen LogP contribution in [0.15, 0.2) is 4.99 Å². The largest absolute Gasteiger partial charge is 0.357 e. The number of nitrogens with zero attached hydrogens (tertiary/aromatic N) is 1. The van der Waals surface area contributed by atoms with E-state index in [0.29, 0.717) is 19.1 Å². The zero-order chi connectivity index (χ0) is 14.1. The quantitative estimate of drug-likeness (QED) is 0.250. The predicted molar refractivity (Wildman–Crippen MR) is 94.2 cm³/mol. The normalized spacial score (nSPS) is 16.8. The van der Waals surface area contributed by atoms with Crippen molar-refractivity contribution < 1.29 is 8.42 Å². The minimum Gasteiger partial charge on any atom is -0.357 e. The molecule has 0 aliphatic heterocycles. The number of sulfonamides is 1. The smallest absolute Gasteiger partial charge is 0.211 e. The Morgan fingerprint density at radius 3 is 2.45 bits per heavy atom. The Labute approximate surface area is 139 Å². The molecular formula is C12H27IN4O2S. The van der Waals surface area contributed by atoms with Crippen molar-refractivity contribution in [1.29, 1.82) is 0 Å². The van der Waals surface area contributed by atoms with Crippen LogP contribution in [0.25, 0.3) is 0 Å². The SMILES string of the molecule is CCNC(=NCCNS(=O)(=O)CC)NC1CCCC1.I. The Balaban J connectivity index is 0.00000361. The summed E-state index contributed by atoms with van der Waals surface area (Å²) >= 11 is 0. The maximum Gasteiger partial charge on any atom is 0.211 e. The van der Waals surface area contributed by atoms with Gasteiger partial charge in [0.05, 0.1) is 12.3 Å². The molecular weight excluding hydrogens is 391 g/mol. The molecule has 1 aliphatic carbocycles. The molecule has 0 amide bonds. The molecule has 120 valence electrons. The fourth-order valence-electron chi connectivity index (χ4n) is 2.05. The number of hydrogen-bond donors (Lipinski definition) is 3. The van der Waals surface area contributed by atoms with Gasteiger partial charge in [-0.1, -0.05) is 12.8 Å². The van der Waals surface area contributed by atoms with E-state index in [4.69, 9.17) is 0 Å². The highest BCUT2D eigenvalue weighted by atomic mass is 127. The zero-order valence-electron chi connectivity index (χ0n) is 12.3. The Kier molecular flexibility index (Phi) is 10.6. The van der Waals surface area contributed by atoms with Crippen LogP contribution in [0.4, 0.5) is 0 Å². The van der Waals surface area contributed by atoms with Crippen LogP contribution in [-0.2, 0) is 10.0 Å². The van der Waals surface area contributed by atoms with Crippen LogP contribution in [0.2, 0.25) is 0 Å². The molecule has 0 aromatic heterocycles. The molecule has 6 nitrogen and oxygen atoms in total. The van der Waals surface area contributed by atoms with Crippen LogP contribution in [-0.4, -0.2) is 45.8 Å². The summed E-state index contributed by atoms with van der Waals surface area (Å²) in [6.45, 7) is 5.24. The number of halogens is 1. The molecule has 0 atom stereocenters. The Morgan fingerprint density at radius 2 is 1.90 bits per heavy atom. The molecule has 0 bridgehead atoms. The summed E-state index contributed by atoms with van der Waals surface area (Å²) in [5.41, 5.74) is 0. The van der Waals surface area contributed by atoms with E-state index < -0.39 is 10.0 Å². The molecule has 0 radical (unpaired) electrons. The van der Waals surface area contributed by atoms with E-state index in [1.807, 2.05) is 6.92 Å². The van der Waals surface area contributed by atoms with Crippen molar-refractivity contribution >= 4 is 40.0 Å². The van der Waals surface area contributed by atoms with Gasteiger partial charge in [-0.05, 0) is 26.7 Å². The molecule has 3 N–H and O–H groups in total.